The zero-order chi connectivity index (χ0) is 16.4. The van der Waals surface area contributed by atoms with Crippen molar-refractivity contribution in [3.63, 3.8) is 0 Å². The maximum Gasteiger partial charge on any atom is 0.230 e. The molecule has 4 nitrogen and oxygen atoms in total. The molecule has 0 atom stereocenters. The standard InChI is InChI=1S/C18H35N3O/c1-6-7-8-9-10-11-12-13-14-21(18(3,4)5)15-17-20-19-16(2)22-17/h6-15H2,1-5H3. The van der Waals surface area contributed by atoms with Crippen LogP contribution >= 0.6 is 0 Å². The highest BCUT2D eigenvalue weighted by Crippen LogP contribution is 2.18. The summed E-state index contributed by atoms with van der Waals surface area (Å²) < 4.78 is 5.53. The minimum Gasteiger partial charge on any atom is -0.424 e. The van der Waals surface area contributed by atoms with Crippen LogP contribution in [0.2, 0.25) is 0 Å². The molecule has 0 bridgehead atoms. The second-order valence-corrected chi connectivity index (χ2v) is 7.28. The molecule has 22 heavy (non-hydrogen) atoms. The maximum atomic E-state index is 5.53. The summed E-state index contributed by atoms with van der Waals surface area (Å²) in [7, 11) is 0. The molecular weight excluding hydrogens is 274 g/mol. The topological polar surface area (TPSA) is 42.2 Å². The van der Waals surface area contributed by atoms with Crippen molar-refractivity contribution < 1.29 is 4.42 Å². The molecule has 1 aromatic rings. The quantitative estimate of drug-likeness (QED) is 0.532. The highest BCUT2D eigenvalue weighted by Gasteiger charge is 2.22. The van der Waals surface area contributed by atoms with Gasteiger partial charge in [0.05, 0.1) is 6.54 Å². The second-order valence-electron chi connectivity index (χ2n) is 7.28. The van der Waals surface area contributed by atoms with Gasteiger partial charge in [-0.3, -0.25) is 4.90 Å². The molecule has 0 spiro atoms. The Morgan fingerprint density at radius 1 is 0.909 bits per heavy atom. The number of hydrogen-bond donors (Lipinski definition) is 0. The summed E-state index contributed by atoms with van der Waals surface area (Å²) >= 11 is 0. The van der Waals surface area contributed by atoms with Crippen molar-refractivity contribution in [1.29, 1.82) is 0 Å². The summed E-state index contributed by atoms with van der Waals surface area (Å²) in [4.78, 5) is 2.44. The fourth-order valence-electron chi connectivity index (χ4n) is 2.65. The molecule has 0 aliphatic heterocycles. The first-order valence-corrected chi connectivity index (χ1v) is 8.97. The summed E-state index contributed by atoms with van der Waals surface area (Å²) in [6.45, 7) is 12.7. The van der Waals surface area contributed by atoms with Crippen LogP contribution in [-0.2, 0) is 6.54 Å². The molecule has 0 fully saturated rings. The molecule has 0 unspecified atom stereocenters. The van der Waals surface area contributed by atoms with Crippen LogP contribution in [0.3, 0.4) is 0 Å². The van der Waals surface area contributed by atoms with Crippen LogP contribution in [-0.4, -0.2) is 27.2 Å². The average Bonchev–Trinajstić information content (AvgIpc) is 2.85. The molecule has 0 amide bonds. The van der Waals surface area contributed by atoms with Crippen molar-refractivity contribution in [2.75, 3.05) is 6.54 Å². The van der Waals surface area contributed by atoms with Crippen LogP contribution in [0.5, 0.6) is 0 Å². The predicted molar refractivity (Wildman–Crippen MR) is 91.8 cm³/mol. The SMILES string of the molecule is CCCCCCCCCCN(Cc1nnc(C)o1)C(C)(C)C. The third kappa shape index (κ3) is 7.92. The largest absolute Gasteiger partial charge is 0.424 e. The first-order valence-electron chi connectivity index (χ1n) is 8.97. The van der Waals surface area contributed by atoms with Gasteiger partial charge in [-0.15, -0.1) is 10.2 Å². The lowest BCUT2D eigenvalue weighted by Gasteiger charge is -2.34. The van der Waals surface area contributed by atoms with Gasteiger partial charge >= 0.3 is 0 Å². The molecule has 128 valence electrons. The summed E-state index contributed by atoms with van der Waals surface area (Å²) in [5, 5.41) is 8.05. The number of aromatic nitrogens is 2. The van der Waals surface area contributed by atoms with E-state index < -0.39 is 0 Å². The second kappa shape index (κ2) is 9.98. The third-order valence-corrected chi connectivity index (χ3v) is 4.12. The van der Waals surface area contributed by atoms with Gasteiger partial charge in [0.1, 0.15) is 0 Å². The van der Waals surface area contributed by atoms with Crippen LogP contribution in [0, 0.1) is 6.92 Å². The van der Waals surface area contributed by atoms with Crippen molar-refractivity contribution in [3.05, 3.63) is 11.8 Å². The van der Waals surface area contributed by atoms with E-state index in [9.17, 15) is 0 Å². The molecular formula is C18H35N3O. The van der Waals surface area contributed by atoms with E-state index in [1.165, 1.54) is 51.4 Å². The van der Waals surface area contributed by atoms with Crippen molar-refractivity contribution in [2.45, 2.75) is 98.1 Å². The molecule has 0 aromatic carbocycles. The van der Waals surface area contributed by atoms with Gasteiger partial charge < -0.3 is 4.42 Å². The van der Waals surface area contributed by atoms with Crippen LogP contribution < -0.4 is 0 Å². The van der Waals surface area contributed by atoms with E-state index >= 15 is 0 Å². The molecule has 1 aromatic heterocycles. The van der Waals surface area contributed by atoms with Crippen LogP contribution in [0.1, 0.15) is 90.8 Å². The Bertz CT molecular complexity index is 395. The summed E-state index contributed by atoms with van der Waals surface area (Å²) in [5.41, 5.74) is 0.128. The lowest BCUT2D eigenvalue weighted by molar-refractivity contribution is 0.112. The molecule has 0 saturated carbocycles. The first-order chi connectivity index (χ1) is 10.4. The van der Waals surface area contributed by atoms with Crippen molar-refractivity contribution in [3.8, 4) is 0 Å². The summed E-state index contributed by atoms with van der Waals surface area (Å²) in [6.07, 6.45) is 10.8. The monoisotopic (exact) mass is 309 g/mol. The van der Waals surface area contributed by atoms with Gasteiger partial charge in [-0.1, -0.05) is 51.9 Å². The Labute approximate surface area is 136 Å². The molecule has 0 aliphatic rings. The van der Waals surface area contributed by atoms with E-state index in [0.29, 0.717) is 5.89 Å². The molecule has 1 rings (SSSR count). The number of hydrogen-bond acceptors (Lipinski definition) is 4. The fraction of sp³-hybridized carbons (Fsp3) is 0.889. The molecule has 1 heterocycles. The van der Waals surface area contributed by atoms with Gasteiger partial charge in [-0.05, 0) is 33.7 Å². The van der Waals surface area contributed by atoms with Gasteiger partial charge in [-0.2, -0.15) is 0 Å². The lowest BCUT2D eigenvalue weighted by atomic mass is 10.0. The van der Waals surface area contributed by atoms with Crippen LogP contribution in [0.15, 0.2) is 4.42 Å². The Hall–Kier alpha value is -0.900. The van der Waals surface area contributed by atoms with Crippen molar-refractivity contribution in [2.24, 2.45) is 0 Å². The average molecular weight is 309 g/mol. The lowest BCUT2D eigenvalue weighted by Crippen LogP contribution is -2.41. The summed E-state index contributed by atoms with van der Waals surface area (Å²) in [5.74, 6) is 1.38. The highest BCUT2D eigenvalue weighted by atomic mass is 16.4. The Morgan fingerprint density at radius 3 is 2.00 bits per heavy atom. The van der Waals surface area contributed by atoms with Crippen molar-refractivity contribution in [1.82, 2.24) is 15.1 Å². The minimum atomic E-state index is 0.128. The molecule has 0 saturated heterocycles. The Kier molecular flexibility index (Phi) is 8.69. The summed E-state index contributed by atoms with van der Waals surface area (Å²) in [6, 6.07) is 0. The fourth-order valence-corrected chi connectivity index (χ4v) is 2.65. The van der Waals surface area contributed by atoms with Gasteiger partial charge in [-0.25, -0.2) is 0 Å². The molecule has 4 heteroatoms. The zero-order valence-electron chi connectivity index (χ0n) is 15.3. The van der Waals surface area contributed by atoms with Crippen LogP contribution in [0.4, 0.5) is 0 Å². The Morgan fingerprint density at radius 2 is 1.50 bits per heavy atom. The minimum absolute atomic E-state index is 0.128. The van der Waals surface area contributed by atoms with E-state index in [2.05, 4.69) is 42.8 Å². The van der Waals surface area contributed by atoms with E-state index in [1.54, 1.807) is 0 Å². The Balaban J connectivity index is 2.25. The van der Waals surface area contributed by atoms with E-state index in [-0.39, 0.29) is 5.54 Å². The van der Waals surface area contributed by atoms with Crippen LogP contribution in [0.25, 0.3) is 0 Å². The van der Waals surface area contributed by atoms with Crippen molar-refractivity contribution >= 4 is 0 Å². The van der Waals surface area contributed by atoms with Gasteiger partial charge in [0.25, 0.3) is 0 Å². The molecule has 0 N–H and O–H groups in total. The molecule has 0 aliphatic carbocycles. The predicted octanol–water partition coefficient (Wildman–Crippen LogP) is 5.12. The first kappa shape index (κ1) is 19.1. The third-order valence-electron chi connectivity index (χ3n) is 4.12. The molecule has 0 radical (unpaired) electrons. The number of nitrogens with zero attached hydrogens (tertiary/aromatic N) is 3. The van der Waals surface area contributed by atoms with Gasteiger partial charge in [0.2, 0.25) is 11.8 Å². The van der Waals surface area contributed by atoms with E-state index in [4.69, 9.17) is 4.42 Å². The number of unbranched alkanes of at least 4 members (excludes halogenated alkanes) is 7. The van der Waals surface area contributed by atoms with E-state index in [0.717, 1.165) is 19.0 Å². The van der Waals surface area contributed by atoms with E-state index in [1.807, 2.05) is 6.92 Å². The smallest absolute Gasteiger partial charge is 0.230 e. The highest BCUT2D eigenvalue weighted by molar-refractivity contribution is 4.84. The maximum absolute atomic E-state index is 5.53. The normalized spacial score (nSPS) is 12.3. The number of rotatable bonds is 11. The zero-order valence-corrected chi connectivity index (χ0v) is 15.3. The van der Waals surface area contributed by atoms with Gasteiger partial charge in [0.15, 0.2) is 0 Å². The van der Waals surface area contributed by atoms with Gasteiger partial charge in [0, 0.05) is 12.5 Å². The number of aryl methyl sites for hydroxylation is 1.